The lowest BCUT2D eigenvalue weighted by molar-refractivity contribution is -0.892. The quantitative estimate of drug-likeness (QED) is 0.718. The van der Waals surface area contributed by atoms with Crippen molar-refractivity contribution in [2.75, 3.05) is 51.8 Å². The number of hydrogen-bond acceptors (Lipinski definition) is 4. The number of halogens is 1. The molecule has 2 N–H and O–H groups in total. The predicted octanol–water partition coefficient (Wildman–Crippen LogP) is 1.69. The van der Waals surface area contributed by atoms with Crippen molar-refractivity contribution in [1.29, 1.82) is 0 Å². The van der Waals surface area contributed by atoms with E-state index in [-0.39, 0.29) is 5.91 Å². The summed E-state index contributed by atoms with van der Waals surface area (Å²) < 4.78 is 10.6. The fraction of sp³-hybridized carbons (Fsp3) is 0.409. The van der Waals surface area contributed by atoms with Gasteiger partial charge >= 0.3 is 0 Å². The summed E-state index contributed by atoms with van der Waals surface area (Å²) in [4.78, 5) is 16.0. The zero-order valence-corrected chi connectivity index (χ0v) is 18.0. The molecule has 1 amide bonds. The molecule has 156 valence electrons. The van der Waals surface area contributed by atoms with Crippen molar-refractivity contribution in [3.8, 4) is 11.5 Å². The fourth-order valence-corrected chi connectivity index (χ4v) is 3.81. The van der Waals surface area contributed by atoms with Crippen LogP contribution in [0.1, 0.15) is 11.1 Å². The van der Waals surface area contributed by atoms with E-state index in [0.717, 1.165) is 36.8 Å². The smallest absolute Gasteiger partial charge is 0.275 e. The van der Waals surface area contributed by atoms with Crippen LogP contribution in [0.5, 0.6) is 11.5 Å². The van der Waals surface area contributed by atoms with Crippen LogP contribution in [0.2, 0.25) is 5.02 Å². The standard InChI is InChI=1S/C22H28ClN3O3/c1-16-4-6-18(23)13-19(16)26-10-8-25(9-11-26)15-22(27)24-14-17-5-7-20(28-2)21(12-17)29-3/h4-7,12-13H,8-11,14-15H2,1-3H3,(H,24,27)/p+1. The van der Waals surface area contributed by atoms with Gasteiger partial charge in [0.15, 0.2) is 18.0 Å². The lowest BCUT2D eigenvalue weighted by Gasteiger charge is -2.34. The molecule has 1 aliphatic rings. The minimum Gasteiger partial charge on any atom is -0.493 e. The molecule has 2 aromatic rings. The second-order valence-electron chi connectivity index (χ2n) is 7.31. The van der Waals surface area contributed by atoms with Crippen LogP contribution in [0, 0.1) is 6.92 Å². The number of nitrogens with zero attached hydrogens (tertiary/aromatic N) is 1. The number of methoxy groups -OCH3 is 2. The fourth-order valence-electron chi connectivity index (χ4n) is 3.64. The van der Waals surface area contributed by atoms with Crippen molar-refractivity contribution in [3.05, 3.63) is 52.5 Å². The van der Waals surface area contributed by atoms with Gasteiger partial charge in [-0.05, 0) is 42.3 Å². The summed E-state index contributed by atoms with van der Waals surface area (Å²) in [6.07, 6.45) is 0. The molecule has 7 heteroatoms. The monoisotopic (exact) mass is 418 g/mol. The van der Waals surface area contributed by atoms with Gasteiger partial charge in [-0.2, -0.15) is 0 Å². The van der Waals surface area contributed by atoms with Crippen molar-refractivity contribution in [1.82, 2.24) is 5.32 Å². The molecule has 3 rings (SSSR count). The first-order valence-corrected chi connectivity index (χ1v) is 10.2. The van der Waals surface area contributed by atoms with Gasteiger partial charge in [0.2, 0.25) is 0 Å². The summed E-state index contributed by atoms with van der Waals surface area (Å²) in [6, 6.07) is 11.7. The van der Waals surface area contributed by atoms with Crippen LogP contribution in [-0.4, -0.2) is 52.9 Å². The Kier molecular flexibility index (Phi) is 7.23. The van der Waals surface area contributed by atoms with Crippen LogP contribution in [-0.2, 0) is 11.3 Å². The molecule has 6 nitrogen and oxygen atoms in total. The number of quaternary nitrogens is 1. The van der Waals surface area contributed by atoms with E-state index in [1.54, 1.807) is 14.2 Å². The third kappa shape index (κ3) is 5.55. The summed E-state index contributed by atoms with van der Waals surface area (Å²) in [5.74, 6) is 1.40. The first-order chi connectivity index (χ1) is 14.0. The Balaban J connectivity index is 1.47. The van der Waals surface area contributed by atoms with E-state index in [1.165, 1.54) is 16.2 Å². The van der Waals surface area contributed by atoms with E-state index in [2.05, 4.69) is 23.2 Å². The van der Waals surface area contributed by atoms with E-state index >= 15 is 0 Å². The number of piperazine rings is 1. The number of rotatable bonds is 7. The highest BCUT2D eigenvalue weighted by molar-refractivity contribution is 6.30. The van der Waals surface area contributed by atoms with Crippen molar-refractivity contribution in [2.45, 2.75) is 13.5 Å². The van der Waals surface area contributed by atoms with Crippen LogP contribution in [0.4, 0.5) is 5.69 Å². The number of amides is 1. The van der Waals surface area contributed by atoms with Gasteiger partial charge in [0.25, 0.3) is 5.91 Å². The van der Waals surface area contributed by atoms with Gasteiger partial charge in [0, 0.05) is 17.3 Å². The summed E-state index contributed by atoms with van der Waals surface area (Å²) in [5.41, 5.74) is 3.40. The molecule has 0 bridgehead atoms. The minimum absolute atomic E-state index is 0.0576. The number of nitrogens with one attached hydrogen (secondary N) is 2. The average molecular weight is 419 g/mol. The first kappa shape index (κ1) is 21.3. The van der Waals surface area contributed by atoms with Gasteiger partial charge in [-0.15, -0.1) is 0 Å². The van der Waals surface area contributed by atoms with E-state index in [4.69, 9.17) is 21.1 Å². The Labute approximate surface area is 177 Å². The Bertz CT molecular complexity index is 851. The molecule has 0 unspecified atom stereocenters. The van der Waals surface area contributed by atoms with Crippen LogP contribution < -0.4 is 24.6 Å². The maximum Gasteiger partial charge on any atom is 0.275 e. The maximum atomic E-state index is 12.4. The van der Waals surface area contributed by atoms with Crippen LogP contribution in [0.15, 0.2) is 36.4 Å². The molecule has 0 spiro atoms. The highest BCUT2D eigenvalue weighted by Crippen LogP contribution is 2.27. The molecule has 0 aromatic heterocycles. The maximum absolute atomic E-state index is 12.4. The van der Waals surface area contributed by atoms with Crippen molar-refractivity contribution >= 4 is 23.2 Å². The van der Waals surface area contributed by atoms with Crippen LogP contribution in [0.3, 0.4) is 0 Å². The van der Waals surface area contributed by atoms with Gasteiger partial charge in [-0.3, -0.25) is 4.79 Å². The Hall–Kier alpha value is -2.44. The molecule has 0 saturated carbocycles. The number of ether oxygens (including phenoxy) is 2. The molecule has 2 aromatic carbocycles. The molecule has 1 fully saturated rings. The number of carbonyl (C=O) groups is 1. The Morgan fingerprint density at radius 1 is 1.10 bits per heavy atom. The molecule has 0 atom stereocenters. The molecule has 0 aliphatic carbocycles. The van der Waals surface area contributed by atoms with Crippen LogP contribution >= 0.6 is 11.6 Å². The first-order valence-electron chi connectivity index (χ1n) is 9.82. The normalized spacial score (nSPS) is 14.6. The largest absolute Gasteiger partial charge is 0.493 e. The number of carbonyl (C=O) groups excluding carboxylic acids is 1. The number of anilines is 1. The zero-order chi connectivity index (χ0) is 20.8. The molecular weight excluding hydrogens is 390 g/mol. The summed E-state index contributed by atoms with van der Waals surface area (Å²) in [5, 5.41) is 3.77. The van der Waals surface area contributed by atoms with E-state index in [9.17, 15) is 4.79 Å². The zero-order valence-electron chi connectivity index (χ0n) is 17.3. The van der Waals surface area contributed by atoms with Gasteiger partial charge in [0.1, 0.15) is 0 Å². The van der Waals surface area contributed by atoms with Crippen molar-refractivity contribution in [3.63, 3.8) is 0 Å². The number of benzene rings is 2. The molecule has 1 heterocycles. The summed E-state index contributed by atoms with van der Waals surface area (Å²) >= 11 is 6.16. The van der Waals surface area contributed by atoms with E-state index in [0.29, 0.717) is 24.6 Å². The van der Waals surface area contributed by atoms with E-state index < -0.39 is 0 Å². The van der Waals surface area contributed by atoms with Gasteiger partial charge in [-0.25, -0.2) is 0 Å². The predicted molar refractivity (Wildman–Crippen MR) is 115 cm³/mol. The second kappa shape index (κ2) is 9.85. The summed E-state index contributed by atoms with van der Waals surface area (Å²) in [7, 11) is 3.21. The van der Waals surface area contributed by atoms with Crippen LogP contribution in [0.25, 0.3) is 0 Å². The molecule has 1 saturated heterocycles. The van der Waals surface area contributed by atoms with Gasteiger partial charge < -0.3 is 24.6 Å². The highest BCUT2D eigenvalue weighted by Gasteiger charge is 2.23. The van der Waals surface area contributed by atoms with E-state index in [1.807, 2.05) is 30.3 Å². The van der Waals surface area contributed by atoms with Gasteiger partial charge in [0.05, 0.1) is 40.4 Å². The topological polar surface area (TPSA) is 55.2 Å². The Morgan fingerprint density at radius 3 is 2.52 bits per heavy atom. The summed E-state index contributed by atoms with van der Waals surface area (Å²) in [6.45, 7) is 6.74. The SMILES string of the molecule is COc1ccc(CNC(=O)C[NH+]2CCN(c3cc(Cl)ccc3C)CC2)cc1OC. The number of hydrogen-bond donors (Lipinski definition) is 2. The average Bonchev–Trinajstić information content (AvgIpc) is 2.74. The third-order valence-corrected chi connectivity index (χ3v) is 5.57. The number of aryl methyl sites for hydroxylation is 1. The Morgan fingerprint density at radius 2 is 1.83 bits per heavy atom. The molecule has 1 aliphatic heterocycles. The highest BCUT2D eigenvalue weighted by atomic mass is 35.5. The lowest BCUT2D eigenvalue weighted by atomic mass is 10.1. The minimum atomic E-state index is 0.0576. The lowest BCUT2D eigenvalue weighted by Crippen LogP contribution is -3.15. The van der Waals surface area contributed by atoms with Crippen molar-refractivity contribution in [2.24, 2.45) is 0 Å². The second-order valence-corrected chi connectivity index (χ2v) is 7.75. The molecular formula is C22H29ClN3O3+. The molecule has 29 heavy (non-hydrogen) atoms. The molecule has 0 radical (unpaired) electrons. The van der Waals surface area contributed by atoms with Gasteiger partial charge in [-0.1, -0.05) is 23.7 Å². The third-order valence-electron chi connectivity index (χ3n) is 5.33. The van der Waals surface area contributed by atoms with Crippen molar-refractivity contribution < 1.29 is 19.2 Å².